The maximum Gasteiger partial charge on any atom is 0.127 e. The largest absolute Gasteiger partial charge is 0.496 e. The van der Waals surface area contributed by atoms with Crippen LogP contribution < -0.4 is 10.1 Å². The first-order valence-electron chi connectivity index (χ1n) is 10.1. The molecule has 0 fully saturated rings. The fourth-order valence-corrected chi connectivity index (χ4v) is 4.56. The van der Waals surface area contributed by atoms with Gasteiger partial charge in [0.2, 0.25) is 0 Å². The summed E-state index contributed by atoms with van der Waals surface area (Å²) in [6.07, 6.45) is 7.69. The fourth-order valence-electron chi connectivity index (χ4n) is 4.56. The Morgan fingerprint density at radius 3 is 2.62 bits per heavy atom. The fraction of sp³-hybridized carbons (Fsp3) is 0.192. The zero-order chi connectivity index (χ0) is 19.6. The average molecular weight is 380 g/mol. The van der Waals surface area contributed by atoms with E-state index in [4.69, 9.17) is 4.74 Å². The molecule has 0 unspecified atom stereocenters. The van der Waals surface area contributed by atoms with Crippen LogP contribution in [0.5, 0.6) is 5.75 Å². The number of para-hydroxylation sites is 2. The summed E-state index contributed by atoms with van der Waals surface area (Å²) < 4.78 is 5.40. The van der Waals surface area contributed by atoms with Gasteiger partial charge in [0.15, 0.2) is 0 Å². The summed E-state index contributed by atoms with van der Waals surface area (Å²) in [6.45, 7) is 0. The number of nitrogens with one attached hydrogen (secondary N) is 1. The normalized spacial score (nSPS) is 22.2. The predicted octanol–water partition coefficient (Wildman–Crippen LogP) is 6.27. The van der Waals surface area contributed by atoms with E-state index in [0.29, 0.717) is 17.9 Å². The van der Waals surface area contributed by atoms with Crippen LogP contribution in [-0.4, -0.2) is 13.3 Å². The molecule has 3 aromatic carbocycles. The third-order valence-electron chi connectivity index (χ3n) is 6.02. The molecular formula is C26H24N2O. The number of methoxy groups -OCH3 is 1. The molecule has 3 atom stereocenters. The van der Waals surface area contributed by atoms with Crippen molar-refractivity contribution in [2.24, 2.45) is 10.9 Å². The number of benzene rings is 3. The second-order valence-corrected chi connectivity index (χ2v) is 7.65. The molecule has 5 rings (SSSR count). The van der Waals surface area contributed by atoms with Crippen molar-refractivity contribution in [1.29, 1.82) is 0 Å². The van der Waals surface area contributed by atoms with Crippen molar-refractivity contribution in [2.75, 3.05) is 12.4 Å². The topological polar surface area (TPSA) is 33.6 Å². The lowest BCUT2D eigenvalue weighted by atomic mass is 9.77. The SMILES string of the molecule is COc1ccccc1C=Nc1ccc([C@@H]2Nc3ccccc3[C@@H]3C=CC[C@@H]32)cc1. The van der Waals surface area contributed by atoms with E-state index in [1.807, 2.05) is 30.5 Å². The van der Waals surface area contributed by atoms with Gasteiger partial charge in [-0.15, -0.1) is 0 Å². The van der Waals surface area contributed by atoms with Crippen molar-refractivity contribution in [2.45, 2.75) is 18.4 Å². The van der Waals surface area contributed by atoms with Crippen LogP contribution in [0.2, 0.25) is 0 Å². The Balaban J connectivity index is 1.39. The number of fused-ring (bicyclic) bond motifs is 3. The third-order valence-corrected chi connectivity index (χ3v) is 6.02. The number of nitrogens with zero attached hydrogens (tertiary/aromatic N) is 1. The highest BCUT2D eigenvalue weighted by molar-refractivity contribution is 5.85. The van der Waals surface area contributed by atoms with E-state index in [1.54, 1.807) is 7.11 Å². The van der Waals surface area contributed by atoms with Crippen molar-refractivity contribution in [3.05, 3.63) is 102 Å². The standard InChI is InChI=1S/C26H24N2O/c1-29-25-12-5-2-7-19(25)17-27-20-15-13-18(14-16-20)26-23-10-6-9-21(23)22-8-3-4-11-24(22)28-26/h2-9,11-17,21,23,26,28H,10H2,1H3/t21-,23-,26-/m0/s1. The van der Waals surface area contributed by atoms with E-state index < -0.39 is 0 Å². The average Bonchev–Trinajstić information content (AvgIpc) is 3.28. The van der Waals surface area contributed by atoms with Crippen LogP contribution in [0.25, 0.3) is 0 Å². The molecule has 144 valence electrons. The third kappa shape index (κ3) is 3.33. The molecule has 3 heteroatoms. The maximum absolute atomic E-state index is 5.40. The monoisotopic (exact) mass is 380 g/mol. The molecule has 1 aliphatic carbocycles. The van der Waals surface area contributed by atoms with E-state index in [-0.39, 0.29) is 0 Å². The Morgan fingerprint density at radius 2 is 1.76 bits per heavy atom. The number of anilines is 1. The molecule has 2 aliphatic rings. The summed E-state index contributed by atoms with van der Waals surface area (Å²) in [4.78, 5) is 4.64. The summed E-state index contributed by atoms with van der Waals surface area (Å²) in [6, 6.07) is 25.5. The second-order valence-electron chi connectivity index (χ2n) is 7.65. The van der Waals surface area contributed by atoms with E-state index in [0.717, 1.165) is 23.4 Å². The van der Waals surface area contributed by atoms with Gasteiger partial charge >= 0.3 is 0 Å². The van der Waals surface area contributed by atoms with Crippen molar-refractivity contribution in [3.8, 4) is 5.75 Å². The van der Waals surface area contributed by atoms with E-state index in [2.05, 4.69) is 71.0 Å². The lowest BCUT2D eigenvalue weighted by Crippen LogP contribution is -2.28. The molecule has 1 N–H and O–H groups in total. The van der Waals surface area contributed by atoms with Crippen molar-refractivity contribution in [1.82, 2.24) is 0 Å². The smallest absolute Gasteiger partial charge is 0.127 e. The molecule has 3 nitrogen and oxygen atoms in total. The summed E-state index contributed by atoms with van der Waals surface area (Å²) in [5.74, 6) is 1.89. The summed E-state index contributed by atoms with van der Waals surface area (Å²) in [7, 11) is 1.68. The van der Waals surface area contributed by atoms with Gasteiger partial charge in [-0.2, -0.15) is 0 Å². The summed E-state index contributed by atoms with van der Waals surface area (Å²) >= 11 is 0. The van der Waals surface area contributed by atoms with Crippen molar-refractivity contribution >= 4 is 17.6 Å². The Hall–Kier alpha value is -3.33. The van der Waals surface area contributed by atoms with Gasteiger partial charge in [-0.1, -0.05) is 54.6 Å². The molecule has 0 radical (unpaired) electrons. The Labute approximate surface area is 171 Å². The van der Waals surface area contributed by atoms with Gasteiger partial charge < -0.3 is 10.1 Å². The zero-order valence-corrected chi connectivity index (χ0v) is 16.5. The molecule has 3 aromatic rings. The first-order valence-corrected chi connectivity index (χ1v) is 10.1. The highest BCUT2D eigenvalue weighted by Crippen LogP contribution is 2.49. The van der Waals surface area contributed by atoms with E-state index >= 15 is 0 Å². The molecule has 0 aromatic heterocycles. The van der Waals surface area contributed by atoms with Crippen LogP contribution >= 0.6 is 0 Å². The number of hydrogen-bond acceptors (Lipinski definition) is 3. The highest BCUT2D eigenvalue weighted by Gasteiger charge is 2.37. The number of rotatable bonds is 4. The molecule has 29 heavy (non-hydrogen) atoms. The lowest BCUT2D eigenvalue weighted by molar-refractivity contribution is 0.414. The molecule has 0 spiro atoms. The highest BCUT2D eigenvalue weighted by atomic mass is 16.5. The number of allylic oxidation sites excluding steroid dienone is 2. The number of aliphatic imine (C=N–C) groups is 1. The minimum Gasteiger partial charge on any atom is -0.496 e. The summed E-state index contributed by atoms with van der Waals surface area (Å²) in [5, 5.41) is 3.78. The second kappa shape index (κ2) is 7.59. The number of ether oxygens (including phenoxy) is 1. The van der Waals surface area contributed by atoms with Gasteiger partial charge in [-0.05, 0) is 53.8 Å². The van der Waals surface area contributed by atoms with Crippen LogP contribution in [0, 0.1) is 5.92 Å². The minimum atomic E-state index is 0.317. The maximum atomic E-state index is 5.40. The van der Waals surface area contributed by atoms with E-state index in [1.165, 1.54) is 16.8 Å². The van der Waals surface area contributed by atoms with Crippen LogP contribution in [0.3, 0.4) is 0 Å². The lowest BCUT2D eigenvalue weighted by Gasteiger charge is -2.37. The molecular weight excluding hydrogens is 356 g/mol. The zero-order valence-electron chi connectivity index (χ0n) is 16.5. The van der Waals surface area contributed by atoms with Crippen LogP contribution in [0.15, 0.2) is 89.9 Å². The molecule has 1 heterocycles. The molecule has 0 amide bonds. The predicted molar refractivity (Wildman–Crippen MR) is 119 cm³/mol. The first-order chi connectivity index (χ1) is 14.3. The van der Waals surface area contributed by atoms with Gasteiger partial charge in [0.1, 0.15) is 5.75 Å². The minimum absolute atomic E-state index is 0.317. The van der Waals surface area contributed by atoms with Crippen molar-refractivity contribution in [3.63, 3.8) is 0 Å². The van der Waals surface area contributed by atoms with Crippen LogP contribution in [0.4, 0.5) is 11.4 Å². The molecule has 0 saturated carbocycles. The Kier molecular flexibility index (Phi) is 4.65. The van der Waals surface area contributed by atoms with Gasteiger partial charge in [-0.25, -0.2) is 0 Å². The number of hydrogen-bond donors (Lipinski definition) is 1. The molecule has 0 saturated heterocycles. The molecule has 0 bridgehead atoms. The first kappa shape index (κ1) is 17.7. The van der Waals surface area contributed by atoms with Crippen LogP contribution in [0.1, 0.15) is 35.1 Å². The Bertz CT molecular complexity index is 1070. The van der Waals surface area contributed by atoms with Crippen LogP contribution in [-0.2, 0) is 0 Å². The summed E-state index contributed by atoms with van der Waals surface area (Å²) in [5.41, 5.74) is 5.90. The van der Waals surface area contributed by atoms with Gasteiger partial charge in [0.05, 0.1) is 18.8 Å². The van der Waals surface area contributed by atoms with Gasteiger partial charge in [-0.3, -0.25) is 4.99 Å². The molecule has 1 aliphatic heterocycles. The van der Waals surface area contributed by atoms with E-state index in [9.17, 15) is 0 Å². The quantitative estimate of drug-likeness (QED) is 0.427. The Morgan fingerprint density at radius 1 is 0.966 bits per heavy atom. The van der Waals surface area contributed by atoms with Gasteiger partial charge in [0, 0.05) is 23.4 Å². The van der Waals surface area contributed by atoms with Crippen molar-refractivity contribution < 1.29 is 4.74 Å². The van der Waals surface area contributed by atoms with Gasteiger partial charge in [0.25, 0.3) is 0 Å².